The van der Waals surface area contributed by atoms with Gasteiger partial charge in [0.25, 0.3) is 5.91 Å². The third-order valence-electron chi connectivity index (χ3n) is 3.43. The average Bonchev–Trinajstić information content (AvgIpc) is 3.16. The molecule has 3 rings (SSSR count). The van der Waals surface area contributed by atoms with Crippen LogP contribution in [0.3, 0.4) is 0 Å². The Morgan fingerprint density at radius 2 is 2.05 bits per heavy atom. The summed E-state index contributed by atoms with van der Waals surface area (Å²) in [4.78, 5) is 26.9. The van der Waals surface area contributed by atoms with Crippen molar-refractivity contribution >= 4 is 34.1 Å². The van der Waals surface area contributed by atoms with Gasteiger partial charge in [-0.25, -0.2) is 0 Å². The molecular formula is C16H13N2O3S-. The molecule has 0 spiro atoms. The van der Waals surface area contributed by atoms with Crippen molar-refractivity contribution in [3.05, 3.63) is 58.4 Å². The Morgan fingerprint density at radius 3 is 2.77 bits per heavy atom. The number of thiophene rings is 1. The number of fused-ring (bicyclic) bond motifs is 1. The molecule has 0 saturated carbocycles. The second-order valence-electron chi connectivity index (χ2n) is 4.89. The van der Waals surface area contributed by atoms with Crippen LogP contribution in [0.25, 0.3) is 10.9 Å². The fourth-order valence-electron chi connectivity index (χ4n) is 2.35. The van der Waals surface area contributed by atoms with Crippen molar-refractivity contribution < 1.29 is 14.7 Å². The van der Waals surface area contributed by atoms with E-state index in [1.54, 1.807) is 23.7 Å². The average molecular weight is 313 g/mol. The molecule has 5 nitrogen and oxygen atoms in total. The zero-order valence-electron chi connectivity index (χ0n) is 11.5. The third kappa shape index (κ3) is 2.87. The van der Waals surface area contributed by atoms with E-state index in [1.165, 1.54) is 11.3 Å². The van der Waals surface area contributed by atoms with Crippen molar-refractivity contribution in [2.75, 3.05) is 0 Å². The molecule has 2 aromatic heterocycles. The highest BCUT2D eigenvalue weighted by Gasteiger charge is 2.17. The van der Waals surface area contributed by atoms with E-state index in [9.17, 15) is 14.7 Å². The van der Waals surface area contributed by atoms with E-state index >= 15 is 0 Å². The summed E-state index contributed by atoms with van der Waals surface area (Å²) < 4.78 is 0. The van der Waals surface area contributed by atoms with E-state index in [4.69, 9.17) is 0 Å². The smallest absolute Gasteiger partial charge is 0.261 e. The van der Waals surface area contributed by atoms with Crippen LogP contribution in [0, 0.1) is 0 Å². The van der Waals surface area contributed by atoms with E-state index in [1.807, 2.05) is 24.3 Å². The summed E-state index contributed by atoms with van der Waals surface area (Å²) in [7, 11) is 0. The van der Waals surface area contributed by atoms with Crippen LogP contribution in [-0.4, -0.2) is 22.9 Å². The Labute approximate surface area is 130 Å². The summed E-state index contributed by atoms with van der Waals surface area (Å²) in [5.41, 5.74) is 1.76. The van der Waals surface area contributed by atoms with Crippen LogP contribution >= 0.6 is 11.3 Å². The van der Waals surface area contributed by atoms with Crippen LogP contribution < -0.4 is 10.4 Å². The summed E-state index contributed by atoms with van der Waals surface area (Å²) in [6.45, 7) is 0. The monoisotopic (exact) mass is 313 g/mol. The summed E-state index contributed by atoms with van der Waals surface area (Å²) in [6, 6.07) is 9.93. The number of H-pyrrole nitrogens is 1. The van der Waals surface area contributed by atoms with Gasteiger partial charge < -0.3 is 20.2 Å². The molecule has 6 heteroatoms. The van der Waals surface area contributed by atoms with Gasteiger partial charge in [0.05, 0.1) is 16.9 Å². The van der Waals surface area contributed by atoms with Crippen LogP contribution in [0.4, 0.5) is 0 Å². The van der Waals surface area contributed by atoms with Crippen LogP contribution in [0.1, 0.15) is 15.2 Å². The highest BCUT2D eigenvalue weighted by atomic mass is 32.1. The van der Waals surface area contributed by atoms with Gasteiger partial charge >= 0.3 is 0 Å². The van der Waals surface area contributed by atoms with Crippen molar-refractivity contribution in [2.45, 2.75) is 12.5 Å². The van der Waals surface area contributed by atoms with Gasteiger partial charge in [0.1, 0.15) is 0 Å². The Morgan fingerprint density at radius 1 is 1.23 bits per heavy atom. The molecule has 3 aromatic rings. The standard InChI is InChI=1S/C16H14N2O3S/c19-15(14-6-3-7-22-14)18-13(16(20)21)8-10-9-17-12-5-2-1-4-11(10)12/h1-7,9,13,17H,8H2,(H,18,19)(H,20,21)/p-1/t13-/m0/s1. The highest BCUT2D eigenvalue weighted by molar-refractivity contribution is 7.12. The SMILES string of the molecule is O=C(N[C@@H](Cc1c[nH]c2ccccc12)C(=O)[O-])c1cccs1. The number of amides is 1. The zero-order valence-corrected chi connectivity index (χ0v) is 12.4. The maximum absolute atomic E-state index is 12.0. The van der Waals surface area contributed by atoms with E-state index in [0.717, 1.165) is 16.5 Å². The number of aromatic nitrogens is 1. The van der Waals surface area contributed by atoms with Crippen molar-refractivity contribution in [2.24, 2.45) is 0 Å². The molecule has 2 N–H and O–H groups in total. The van der Waals surface area contributed by atoms with Gasteiger partial charge in [-0.05, 0) is 23.1 Å². The van der Waals surface area contributed by atoms with Gasteiger partial charge in [-0.1, -0.05) is 24.3 Å². The molecule has 0 aliphatic rings. The fourth-order valence-corrected chi connectivity index (χ4v) is 2.98. The molecule has 0 radical (unpaired) electrons. The Bertz CT molecular complexity index is 808. The first-order valence-electron chi connectivity index (χ1n) is 6.75. The van der Waals surface area contributed by atoms with Gasteiger partial charge in [0, 0.05) is 23.5 Å². The first-order chi connectivity index (χ1) is 10.6. The highest BCUT2D eigenvalue weighted by Crippen LogP contribution is 2.19. The minimum Gasteiger partial charge on any atom is -0.548 e. The predicted octanol–water partition coefficient (Wildman–Crippen LogP) is 1.32. The number of aliphatic carboxylic acids is 1. The van der Waals surface area contributed by atoms with Crippen molar-refractivity contribution in [3.8, 4) is 0 Å². The number of carbonyl (C=O) groups is 2. The molecule has 1 amide bonds. The zero-order chi connectivity index (χ0) is 15.5. The maximum atomic E-state index is 12.0. The number of hydrogen-bond donors (Lipinski definition) is 2. The molecule has 22 heavy (non-hydrogen) atoms. The van der Waals surface area contributed by atoms with Crippen LogP contribution in [0.2, 0.25) is 0 Å². The number of rotatable bonds is 5. The predicted molar refractivity (Wildman–Crippen MR) is 82.6 cm³/mol. The molecule has 1 atom stereocenters. The fraction of sp³-hybridized carbons (Fsp3) is 0.125. The van der Waals surface area contributed by atoms with E-state index in [0.29, 0.717) is 4.88 Å². The quantitative estimate of drug-likeness (QED) is 0.745. The van der Waals surface area contributed by atoms with Crippen LogP contribution in [-0.2, 0) is 11.2 Å². The minimum atomic E-state index is -1.30. The second kappa shape index (κ2) is 6.03. The number of carbonyl (C=O) groups excluding carboxylic acids is 2. The topological polar surface area (TPSA) is 85.0 Å². The lowest BCUT2D eigenvalue weighted by Gasteiger charge is -2.19. The Hall–Kier alpha value is -2.60. The number of hydrogen-bond acceptors (Lipinski definition) is 4. The Kier molecular flexibility index (Phi) is 3.93. The molecule has 1 aromatic carbocycles. The molecule has 0 bridgehead atoms. The number of nitrogens with one attached hydrogen (secondary N) is 2. The number of carboxylic acid groups (broad SMARTS) is 1. The van der Waals surface area contributed by atoms with E-state index < -0.39 is 17.9 Å². The molecule has 0 aliphatic carbocycles. The summed E-state index contributed by atoms with van der Waals surface area (Å²) in [6.07, 6.45) is 1.93. The Balaban J connectivity index is 1.80. The van der Waals surface area contributed by atoms with Crippen LogP contribution in [0.15, 0.2) is 48.0 Å². The van der Waals surface area contributed by atoms with Gasteiger partial charge in [0.2, 0.25) is 0 Å². The summed E-state index contributed by atoms with van der Waals surface area (Å²) in [5, 5.41) is 16.6. The third-order valence-corrected chi connectivity index (χ3v) is 4.30. The van der Waals surface area contributed by atoms with Gasteiger partial charge in [-0.3, -0.25) is 4.79 Å². The lowest BCUT2D eigenvalue weighted by atomic mass is 10.0. The lowest BCUT2D eigenvalue weighted by Crippen LogP contribution is -2.49. The van der Waals surface area contributed by atoms with Gasteiger partial charge in [-0.15, -0.1) is 11.3 Å². The minimum absolute atomic E-state index is 0.170. The molecule has 0 unspecified atom stereocenters. The van der Waals surface area contributed by atoms with E-state index in [-0.39, 0.29) is 6.42 Å². The molecule has 112 valence electrons. The van der Waals surface area contributed by atoms with Crippen molar-refractivity contribution in [3.63, 3.8) is 0 Å². The first kappa shape index (κ1) is 14.3. The normalized spacial score (nSPS) is 12.2. The summed E-state index contributed by atoms with van der Waals surface area (Å²) in [5.74, 6) is -1.70. The van der Waals surface area contributed by atoms with E-state index in [2.05, 4.69) is 10.3 Å². The molecular weight excluding hydrogens is 300 g/mol. The second-order valence-corrected chi connectivity index (χ2v) is 5.83. The van der Waals surface area contributed by atoms with Crippen molar-refractivity contribution in [1.29, 1.82) is 0 Å². The number of benzene rings is 1. The first-order valence-corrected chi connectivity index (χ1v) is 7.63. The molecule has 0 aliphatic heterocycles. The molecule has 2 heterocycles. The lowest BCUT2D eigenvalue weighted by molar-refractivity contribution is -0.308. The number of carboxylic acids is 1. The maximum Gasteiger partial charge on any atom is 0.261 e. The summed E-state index contributed by atoms with van der Waals surface area (Å²) >= 11 is 1.26. The van der Waals surface area contributed by atoms with Crippen LogP contribution in [0.5, 0.6) is 0 Å². The van der Waals surface area contributed by atoms with Crippen molar-refractivity contribution in [1.82, 2.24) is 10.3 Å². The van der Waals surface area contributed by atoms with Gasteiger partial charge in [-0.2, -0.15) is 0 Å². The molecule has 0 fully saturated rings. The molecule has 0 saturated heterocycles. The number of aromatic amines is 1. The number of para-hydroxylation sites is 1. The van der Waals surface area contributed by atoms with Gasteiger partial charge in [0.15, 0.2) is 0 Å². The largest absolute Gasteiger partial charge is 0.548 e.